The Balaban J connectivity index is 1.52. The van der Waals surface area contributed by atoms with Crippen LogP contribution in [0.15, 0.2) is 41.3 Å². The molecular formula is C22H28BrN7O3. The van der Waals surface area contributed by atoms with Crippen molar-refractivity contribution in [3.63, 3.8) is 0 Å². The van der Waals surface area contributed by atoms with Crippen molar-refractivity contribution in [2.45, 2.75) is 51.2 Å². The molecule has 10 nitrogen and oxygen atoms in total. The van der Waals surface area contributed by atoms with Crippen LogP contribution in [0.5, 0.6) is 0 Å². The topological polar surface area (TPSA) is 134 Å². The van der Waals surface area contributed by atoms with Crippen LogP contribution < -0.4 is 21.1 Å². The summed E-state index contributed by atoms with van der Waals surface area (Å²) in [5, 5.41) is 22.9. The van der Waals surface area contributed by atoms with Crippen LogP contribution in [0.4, 0.5) is 11.6 Å². The zero-order valence-corrected chi connectivity index (χ0v) is 20.0. The Bertz CT molecular complexity index is 1120. The monoisotopic (exact) mass is 517 g/mol. The number of fused-ring (bicyclic) bond motifs is 1. The normalized spacial score (nSPS) is 19.2. The molecule has 11 heteroatoms. The first-order valence-electron chi connectivity index (χ1n) is 11.1. The van der Waals surface area contributed by atoms with E-state index >= 15 is 0 Å². The van der Waals surface area contributed by atoms with E-state index in [0.29, 0.717) is 24.6 Å². The molecular weight excluding hydrogens is 490 g/mol. The van der Waals surface area contributed by atoms with Crippen LogP contribution >= 0.6 is 15.9 Å². The Morgan fingerprint density at radius 3 is 3.06 bits per heavy atom. The molecule has 3 aromatic heterocycles. The lowest BCUT2D eigenvalue weighted by molar-refractivity contribution is -0.605. The molecule has 1 saturated carbocycles. The third-order valence-corrected chi connectivity index (χ3v) is 6.35. The fraction of sp³-hybridized carbons (Fsp3) is 0.455. The first-order chi connectivity index (χ1) is 15.9. The van der Waals surface area contributed by atoms with E-state index in [0.717, 1.165) is 46.3 Å². The molecule has 3 aromatic rings. The molecule has 0 saturated heterocycles. The lowest BCUT2D eigenvalue weighted by atomic mass is 9.85. The van der Waals surface area contributed by atoms with E-state index < -0.39 is 6.04 Å². The number of nitrogens with one attached hydrogen (secondary N) is 2. The number of hydrogen-bond acceptors (Lipinski definition) is 8. The molecule has 4 rings (SSSR count). The smallest absolute Gasteiger partial charge is 0.322 e. The molecule has 1 aliphatic carbocycles. The second-order valence-electron chi connectivity index (χ2n) is 8.39. The summed E-state index contributed by atoms with van der Waals surface area (Å²) in [6.07, 6.45) is 8.81. The highest BCUT2D eigenvalue weighted by atomic mass is 79.9. The fourth-order valence-electron chi connectivity index (χ4n) is 4.04. The van der Waals surface area contributed by atoms with Crippen LogP contribution in [0.1, 0.15) is 38.2 Å². The van der Waals surface area contributed by atoms with Crippen molar-refractivity contribution in [2.75, 3.05) is 17.2 Å². The molecule has 0 unspecified atom stereocenters. The zero-order chi connectivity index (χ0) is 23.4. The van der Waals surface area contributed by atoms with Gasteiger partial charge in [0.25, 0.3) is 0 Å². The second kappa shape index (κ2) is 10.3. The van der Waals surface area contributed by atoms with Gasteiger partial charge < -0.3 is 26.3 Å². The summed E-state index contributed by atoms with van der Waals surface area (Å²) in [6.45, 7) is 2.42. The Morgan fingerprint density at radius 1 is 1.45 bits per heavy atom. The van der Waals surface area contributed by atoms with E-state index in [2.05, 4.69) is 31.7 Å². The molecule has 0 spiro atoms. The maximum absolute atomic E-state index is 11.8. The molecule has 33 heavy (non-hydrogen) atoms. The molecule has 0 amide bonds. The third kappa shape index (κ3) is 5.72. The third-order valence-electron chi connectivity index (χ3n) is 5.79. The molecule has 0 aliphatic heterocycles. The van der Waals surface area contributed by atoms with Crippen LogP contribution in [0.25, 0.3) is 5.65 Å². The predicted octanol–water partition coefficient (Wildman–Crippen LogP) is 2.60. The number of carbonyl (C=O) groups excluding carboxylic acids is 1. The molecule has 3 heterocycles. The summed E-state index contributed by atoms with van der Waals surface area (Å²) in [4.78, 5) is 16.6. The fourth-order valence-corrected chi connectivity index (χ4v) is 4.39. The van der Waals surface area contributed by atoms with Gasteiger partial charge in [-0.25, -0.2) is 4.98 Å². The average molecular weight is 518 g/mol. The minimum atomic E-state index is -0.627. The molecule has 1 aliphatic rings. The van der Waals surface area contributed by atoms with E-state index in [1.54, 1.807) is 23.7 Å². The number of nitrogens with two attached hydrogens (primary N) is 1. The number of nitrogens with zero attached hydrogens (tertiary/aromatic N) is 4. The van der Waals surface area contributed by atoms with Gasteiger partial charge in [0.2, 0.25) is 0 Å². The highest BCUT2D eigenvalue weighted by Gasteiger charge is 2.27. The van der Waals surface area contributed by atoms with Crippen LogP contribution in [-0.2, 0) is 16.1 Å². The Hall–Kier alpha value is -2.92. The molecule has 0 radical (unpaired) electrons. The summed E-state index contributed by atoms with van der Waals surface area (Å²) < 4.78 is 8.69. The molecule has 0 bridgehead atoms. The zero-order valence-electron chi connectivity index (χ0n) is 18.4. The van der Waals surface area contributed by atoms with Crippen molar-refractivity contribution >= 4 is 39.2 Å². The molecule has 176 valence electrons. The number of hydrogen-bond donors (Lipinski definition) is 3. The van der Waals surface area contributed by atoms with Crippen molar-refractivity contribution in [2.24, 2.45) is 11.7 Å². The predicted molar refractivity (Wildman–Crippen MR) is 127 cm³/mol. The number of pyridine rings is 1. The van der Waals surface area contributed by atoms with Gasteiger partial charge in [0.15, 0.2) is 18.0 Å². The van der Waals surface area contributed by atoms with Gasteiger partial charge in [-0.3, -0.25) is 4.79 Å². The van der Waals surface area contributed by atoms with E-state index in [1.807, 2.05) is 12.1 Å². The number of anilines is 2. The Kier molecular flexibility index (Phi) is 7.29. The van der Waals surface area contributed by atoms with E-state index in [-0.39, 0.29) is 17.9 Å². The number of halogens is 1. The summed E-state index contributed by atoms with van der Waals surface area (Å²) in [5.74, 6) is 1.24. The molecule has 1 fully saturated rings. The molecule has 4 N–H and O–H groups in total. The van der Waals surface area contributed by atoms with Crippen molar-refractivity contribution in [3.8, 4) is 0 Å². The van der Waals surface area contributed by atoms with Gasteiger partial charge in [-0.05, 0) is 41.8 Å². The summed E-state index contributed by atoms with van der Waals surface area (Å²) >= 11 is 3.52. The minimum absolute atomic E-state index is 0.123. The molecule has 3 atom stereocenters. The average Bonchev–Trinajstić information content (AvgIpc) is 3.17. The van der Waals surface area contributed by atoms with Gasteiger partial charge in [-0.15, -0.1) is 0 Å². The van der Waals surface area contributed by atoms with Gasteiger partial charge in [0, 0.05) is 36.2 Å². The highest BCUT2D eigenvalue weighted by Crippen LogP contribution is 2.29. The number of aromatic nitrogens is 4. The van der Waals surface area contributed by atoms with Gasteiger partial charge in [0.05, 0.1) is 17.3 Å². The number of ether oxygens (including phenoxy) is 1. The quantitative estimate of drug-likeness (QED) is 0.236. The van der Waals surface area contributed by atoms with Crippen molar-refractivity contribution in [3.05, 3.63) is 52.0 Å². The Morgan fingerprint density at radius 2 is 2.27 bits per heavy atom. The van der Waals surface area contributed by atoms with Crippen LogP contribution in [0, 0.1) is 11.1 Å². The second-order valence-corrected chi connectivity index (χ2v) is 9.25. The van der Waals surface area contributed by atoms with Gasteiger partial charge in [-0.1, -0.05) is 12.8 Å². The maximum Gasteiger partial charge on any atom is 0.322 e. The summed E-state index contributed by atoms with van der Waals surface area (Å²) in [6, 6.07) is 5.00. The van der Waals surface area contributed by atoms with Crippen molar-refractivity contribution in [1.82, 2.24) is 14.6 Å². The highest BCUT2D eigenvalue weighted by molar-refractivity contribution is 9.10. The summed E-state index contributed by atoms with van der Waals surface area (Å²) in [5.41, 5.74) is 7.14. The lowest BCUT2D eigenvalue weighted by Crippen LogP contribution is -2.38. The lowest BCUT2D eigenvalue weighted by Gasteiger charge is -2.32. The van der Waals surface area contributed by atoms with Crippen molar-refractivity contribution < 1.29 is 14.3 Å². The maximum atomic E-state index is 11.8. The minimum Gasteiger partial charge on any atom is -0.619 e. The largest absolute Gasteiger partial charge is 0.619 e. The van der Waals surface area contributed by atoms with E-state index in [4.69, 9.17) is 15.5 Å². The van der Waals surface area contributed by atoms with Gasteiger partial charge in [-0.2, -0.15) is 14.3 Å². The van der Waals surface area contributed by atoms with E-state index in [1.165, 1.54) is 12.4 Å². The number of rotatable bonds is 8. The first-order valence-corrected chi connectivity index (χ1v) is 11.8. The van der Waals surface area contributed by atoms with E-state index in [9.17, 15) is 10.0 Å². The first kappa shape index (κ1) is 23.2. The van der Waals surface area contributed by atoms with Crippen LogP contribution in [-0.4, -0.2) is 39.3 Å². The summed E-state index contributed by atoms with van der Waals surface area (Å²) in [7, 11) is 0. The Labute approximate surface area is 200 Å². The number of carbonyl (C=O) groups is 1. The van der Waals surface area contributed by atoms with Gasteiger partial charge in [0.1, 0.15) is 17.7 Å². The van der Waals surface area contributed by atoms with Crippen LogP contribution in [0.3, 0.4) is 0 Å². The van der Waals surface area contributed by atoms with Crippen molar-refractivity contribution in [1.29, 1.82) is 0 Å². The molecule has 0 aromatic carbocycles. The van der Waals surface area contributed by atoms with Crippen LogP contribution in [0.2, 0.25) is 0 Å². The standard InChI is InChI=1S/C22H28BrN7O3/c1-14(24)22(31)33-13-16-6-2-3-7-18(16)27-19-9-20(30-21(28-19)17(23)11-26-30)25-10-15-5-4-8-29(32)12-15/h4-5,8-9,11-12,14,16,18,25H,2-3,6-7,10,13,24H2,1H3,(H,27,28)/t14-,16+,18+/m1/s1. The SMILES string of the molecule is C[C@@H](N)C(=O)OC[C@@H]1CCCC[C@@H]1Nc1cc(NCc2ccc[n+]([O-])c2)n2ncc(Br)c2n1. The number of esters is 1. The van der Waals surface area contributed by atoms with Gasteiger partial charge >= 0.3 is 5.97 Å².